The van der Waals surface area contributed by atoms with E-state index < -0.39 is 23.5 Å². The van der Waals surface area contributed by atoms with E-state index in [1.807, 2.05) is 6.92 Å². The summed E-state index contributed by atoms with van der Waals surface area (Å²) in [4.78, 5) is 0. The van der Waals surface area contributed by atoms with Crippen molar-refractivity contribution in [2.24, 2.45) is 11.7 Å². The van der Waals surface area contributed by atoms with Crippen molar-refractivity contribution in [2.45, 2.75) is 32.2 Å². The third kappa shape index (κ3) is 1.82. The summed E-state index contributed by atoms with van der Waals surface area (Å²) in [6.45, 7) is 1.98. The lowest BCUT2D eigenvalue weighted by atomic mass is 9.97. The van der Waals surface area contributed by atoms with Gasteiger partial charge < -0.3 is 5.73 Å². The van der Waals surface area contributed by atoms with Crippen LogP contribution in [0.4, 0.5) is 13.2 Å². The van der Waals surface area contributed by atoms with Gasteiger partial charge in [0.1, 0.15) is 5.82 Å². The fourth-order valence-electron chi connectivity index (χ4n) is 2.35. The molecule has 0 bridgehead atoms. The van der Waals surface area contributed by atoms with Crippen LogP contribution in [0.3, 0.4) is 0 Å². The van der Waals surface area contributed by atoms with Gasteiger partial charge in [0.15, 0.2) is 11.6 Å². The number of fused-ring (bicyclic) bond motifs is 1. The minimum Gasteiger partial charge on any atom is -0.324 e. The van der Waals surface area contributed by atoms with Gasteiger partial charge in [0.05, 0.1) is 0 Å². The molecule has 16 heavy (non-hydrogen) atoms. The molecule has 4 heteroatoms. The molecule has 2 unspecified atom stereocenters. The molecule has 0 amide bonds. The van der Waals surface area contributed by atoms with E-state index in [2.05, 4.69) is 0 Å². The quantitative estimate of drug-likeness (QED) is 0.537. The predicted octanol–water partition coefficient (Wildman–Crippen LogP) is 3.08. The molecule has 88 valence electrons. The highest BCUT2D eigenvalue weighted by molar-refractivity contribution is 5.34. The Morgan fingerprint density at radius 1 is 1.25 bits per heavy atom. The van der Waals surface area contributed by atoms with Crippen LogP contribution in [0.5, 0.6) is 0 Å². The summed E-state index contributed by atoms with van der Waals surface area (Å²) >= 11 is 0. The Bertz CT molecular complexity index is 417. The van der Waals surface area contributed by atoms with Crippen molar-refractivity contribution in [1.29, 1.82) is 0 Å². The fourth-order valence-corrected chi connectivity index (χ4v) is 2.35. The molecule has 1 nitrogen and oxygen atoms in total. The highest BCUT2D eigenvalue weighted by Gasteiger charge is 2.27. The van der Waals surface area contributed by atoms with Crippen molar-refractivity contribution in [3.8, 4) is 0 Å². The SMILES string of the molecule is CC1CCc2c(F)cc(F)c(F)c2C(N)C1. The van der Waals surface area contributed by atoms with Crippen LogP contribution in [-0.2, 0) is 6.42 Å². The van der Waals surface area contributed by atoms with Crippen molar-refractivity contribution in [2.75, 3.05) is 0 Å². The molecule has 2 N–H and O–H groups in total. The van der Waals surface area contributed by atoms with Gasteiger partial charge in [-0.25, -0.2) is 13.2 Å². The maximum Gasteiger partial charge on any atom is 0.164 e. The molecule has 1 aromatic carbocycles. The zero-order valence-electron chi connectivity index (χ0n) is 9.06. The van der Waals surface area contributed by atoms with E-state index in [0.29, 0.717) is 24.8 Å². The number of halogens is 3. The van der Waals surface area contributed by atoms with Crippen molar-refractivity contribution in [3.63, 3.8) is 0 Å². The van der Waals surface area contributed by atoms with Gasteiger partial charge in [0, 0.05) is 17.7 Å². The second-order valence-electron chi connectivity index (χ2n) is 4.53. The molecule has 0 radical (unpaired) electrons. The molecule has 0 heterocycles. The van der Waals surface area contributed by atoms with Crippen LogP contribution in [0.2, 0.25) is 0 Å². The minimum absolute atomic E-state index is 0.0295. The Morgan fingerprint density at radius 3 is 2.62 bits per heavy atom. The highest BCUT2D eigenvalue weighted by atomic mass is 19.2. The first-order chi connectivity index (χ1) is 7.50. The third-order valence-corrected chi connectivity index (χ3v) is 3.23. The molecule has 0 spiro atoms. The van der Waals surface area contributed by atoms with Crippen LogP contribution in [0, 0.1) is 23.4 Å². The molecule has 2 rings (SSSR count). The van der Waals surface area contributed by atoms with Crippen LogP contribution in [0.25, 0.3) is 0 Å². The van der Waals surface area contributed by atoms with Crippen molar-refractivity contribution >= 4 is 0 Å². The number of hydrogen-bond donors (Lipinski definition) is 1. The first kappa shape index (κ1) is 11.5. The van der Waals surface area contributed by atoms with Crippen LogP contribution in [-0.4, -0.2) is 0 Å². The maximum absolute atomic E-state index is 13.6. The van der Waals surface area contributed by atoms with E-state index >= 15 is 0 Å². The van der Waals surface area contributed by atoms with E-state index in [4.69, 9.17) is 5.73 Å². The standard InChI is InChI=1S/C12H14F3N/c1-6-2-3-7-8(13)5-9(14)12(15)11(7)10(16)4-6/h5-6,10H,2-4,16H2,1H3. The molecule has 0 saturated carbocycles. The molecule has 1 aromatic rings. The second kappa shape index (κ2) is 4.09. The molecule has 0 aromatic heterocycles. The third-order valence-electron chi connectivity index (χ3n) is 3.23. The fraction of sp³-hybridized carbons (Fsp3) is 0.500. The highest BCUT2D eigenvalue weighted by Crippen LogP contribution is 2.34. The van der Waals surface area contributed by atoms with Crippen LogP contribution < -0.4 is 5.73 Å². The average molecular weight is 229 g/mol. The van der Waals surface area contributed by atoms with Gasteiger partial charge in [-0.05, 0) is 30.7 Å². The summed E-state index contributed by atoms with van der Waals surface area (Å²) < 4.78 is 40.2. The summed E-state index contributed by atoms with van der Waals surface area (Å²) in [6.07, 6.45) is 1.74. The van der Waals surface area contributed by atoms with Crippen LogP contribution in [0.15, 0.2) is 6.07 Å². The van der Waals surface area contributed by atoms with Crippen LogP contribution in [0.1, 0.15) is 36.9 Å². The van der Waals surface area contributed by atoms with Crippen LogP contribution >= 0.6 is 0 Å². The summed E-state index contributed by atoms with van der Waals surface area (Å²) in [5, 5.41) is 0. The summed E-state index contributed by atoms with van der Waals surface area (Å²) in [5.74, 6) is -2.53. The first-order valence-electron chi connectivity index (χ1n) is 5.42. The Hall–Kier alpha value is -1.03. The lowest BCUT2D eigenvalue weighted by Crippen LogP contribution is -2.16. The molecule has 0 saturated heterocycles. The van der Waals surface area contributed by atoms with Gasteiger partial charge in [-0.1, -0.05) is 6.92 Å². The van der Waals surface area contributed by atoms with Gasteiger partial charge in [-0.2, -0.15) is 0 Å². The van der Waals surface area contributed by atoms with Gasteiger partial charge in [0.2, 0.25) is 0 Å². The van der Waals surface area contributed by atoms with E-state index in [1.54, 1.807) is 0 Å². The van der Waals surface area contributed by atoms with Gasteiger partial charge >= 0.3 is 0 Å². The first-order valence-corrected chi connectivity index (χ1v) is 5.42. The van der Waals surface area contributed by atoms with Gasteiger partial charge in [-0.15, -0.1) is 0 Å². The van der Waals surface area contributed by atoms with Crippen molar-refractivity contribution in [1.82, 2.24) is 0 Å². The molecule has 1 aliphatic carbocycles. The maximum atomic E-state index is 13.6. The van der Waals surface area contributed by atoms with E-state index in [-0.39, 0.29) is 11.1 Å². The van der Waals surface area contributed by atoms with Gasteiger partial charge in [0.25, 0.3) is 0 Å². The minimum atomic E-state index is -1.15. The smallest absolute Gasteiger partial charge is 0.164 e. The zero-order chi connectivity index (χ0) is 11.9. The van der Waals surface area contributed by atoms with Crippen molar-refractivity contribution < 1.29 is 13.2 Å². The molecule has 0 fully saturated rings. The number of benzene rings is 1. The Balaban J connectivity index is 2.59. The van der Waals surface area contributed by atoms with E-state index in [1.165, 1.54) is 0 Å². The zero-order valence-corrected chi connectivity index (χ0v) is 9.06. The Kier molecular flexibility index (Phi) is 2.93. The summed E-state index contributed by atoms with van der Waals surface area (Å²) in [6, 6.07) is -0.00523. The lowest BCUT2D eigenvalue weighted by Gasteiger charge is -2.15. The molecule has 0 aliphatic heterocycles. The number of hydrogen-bond acceptors (Lipinski definition) is 1. The summed E-state index contributed by atoms with van der Waals surface area (Å²) in [5.41, 5.74) is 6.08. The molecular formula is C12H14F3N. The normalized spacial score (nSPS) is 25.1. The predicted molar refractivity (Wildman–Crippen MR) is 55.3 cm³/mol. The topological polar surface area (TPSA) is 26.0 Å². The van der Waals surface area contributed by atoms with Crippen molar-refractivity contribution in [3.05, 3.63) is 34.6 Å². The molecule has 2 atom stereocenters. The largest absolute Gasteiger partial charge is 0.324 e. The summed E-state index contributed by atoms with van der Waals surface area (Å²) in [7, 11) is 0. The monoisotopic (exact) mass is 229 g/mol. The number of rotatable bonds is 0. The lowest BCUT2D eigenvalue weighted by molar-refractivity contribution is 0.443. The average Bonchev–Trinajstić information content (AvgIpc) is 2.34. The number of nitrogens with two attached hydrogens (primary N) is 1. The van der Waals surface area contributed by atoms with E-state index in [9.17, 15) is 13.2 Å². The van der Waals surface area contributed by atoms with Gasteiger partial charge in [-0.3, -0.25) is 0 Å². The molecule has 1 aliphatic rings. The Labute approximate surface area is 92.5 Å². The molecular weight excluding hydrogens is 215 g/mol. The Morgan fingerprint density at radius 2 is 1.94 bits per heavy atom. The van der Waals surface area contributed by atoms with E-state index in [0.717, 1.165) is 6.42 Å². The second-order valence-corrected chi connectivity index (χ2v) is 4.53.